The number of aliphatic hydroxyl groups is 1. The molecule has 0 aromatic heterocycles. The highest BCUT2D eigenvalue weighted by molar-refractivity contribution is 7.47. The van der Waals surface area contributed by atoms with Crippen LogP contribution in [0.15, 0.2) is 0 Å². The van der Waals surface area contributed by atoms with Crippen LogP contribution in [0.25, 0.3) is 0 Å². The van der Waals surface area contributed by atoms with Gasteiger partial charge in [-0.2, -0.15) is 0 Å². The largest absolute Gasteiger partial charge is 0.472 e. The molecule has 0 saturated carbocycles. The summed E-state index contributed by atoms with van der Waals surface area (Å²) in [7, 11) is -9.91. The number of ether oxygens (including phenoxy) is 4. The third-order valence-electron chi connectivity index (χ3n) is 17.8. The highest BCUT2D eigenvalue weighted by atomic mass is 31.2. The summed E-state index contributed by atoms with van der Waals surface area (Å²) in [4.78, 5) is 72.8. The average molecular weight is 1410 g/mol. The molecule has 0 rings (SSSR count). The minimum absolute atomic E-state index is 0.104. The van der Waals surface area contributed by atoms with E-state index in [4.69, 9.17) is 37.0 Å². The Morgan fingerprint density at radius 3 is 0.646 bits per heavy atom. The van der Waals surface area contributed by atoms with Gasteiger partial charge in [-0.3, -0.25) is 37.3 Å². The number of aliphatic hydroxyl groups excluding tert-OH is 1. The summed E-state index contributed by atoms with van der Waals surface area (Å²) < 4.78 is 68.5. The van der Waals surface area contributed by atoms with E-state index in [9.17, 15) is 43.2 Å². The molecule has 0 amide bonds. The molecule has 0 heterocycles. The number of hydrogen-bond donors (Lipinski definition) is 3. The maximum atomic E-state index is 13.1. The van der Waals surface area contributed by atoms with Crippen LogP contribution in [0.4, 0.5) is 0 Å². The predicted octanol–water partition coefficient (Wildman–Crippen LogP) is 22.4. The summed E-state index contributed by atoms with van der Waals surface area (Å²) >= 11 is 0. The Labute approximate surface area is 588 Å². The first kappa shape index (κ1) is 94.1. The van der Waals surface area contributed by atoms with Crippen molar-refractivity contribution in [2.24, 2.45) is 23.7 Å². The van der Waals surface area contributed by atoms with E-state index < -0.39 is 97.5 Å². The number of hydrogen-bond acceptors (Lipinski definition) is 15. The Balaban J connectivity index is 5.24. The summed E-state index contributed by atoms with van der Waals surface area (Å²) in [6.45, 7) is 14.2. The maximum absolute atomic E-state index is 13.1. The molecule has 0 saturated heterocycles. The molecule has 570 valence electrons. The number of esters is 4. The lowest BCUT2D eigenvalue weighted by Gasteiger charge is -2.21. The summed E-state index contributed by atoms with van der Waals surface area (Å²) in [6.07, 6.45) is 51.4. The fourth-order valence-corrected chi connectivity index (χ4v) is 13.3. The van der Waals surface area contributed by atoms with Crippen molar-refractivity contribution in [2.75, 3.05) is 39.6 Å². The third kappa shape index (κ3) is 70.5. The lowest BCUT2D eigenvalue weighted by molar-refractivity contribution is -0.161. The SMILES string of the molecule is CC(C)CCCCCCCCCCCCCCCCCC(=O)O[C@H](COC(=O)CCCCCCCCCCCCCCCC(C)C)COP(=O)(O)OCC(O)COP(=O)(O)OC[C@@H](COC(=O)CCCCCCCCCC(C)C)OC(=O)CCCCCCCCCCCC(C)C. The number of carbonyl (C=O) groups is 4. The zero-order chi connectivity index (χ0) is 71.0. The van der Waals surface area contributed by atoms with E-state index in [-0.39, 0.29) is 25.7 Å². The van der Waals surface area contributed by atoms with Crippen LogP contribution in [0.5, 0.6) is 0 Å². The summed E-state index contributed by atoms with van der Waals surface area (Å²) in [5.41, 5.74) is 0. The van der Waals surface area contributed by atoms with Gasteiger partial charge in [-0.05, 0) is 49.4 Å². The number of phosphoric ester groups is 2. The van der Waals surface area contributed by atoms with Gasteiger partial charge in [-0.1, -0.05) is 338 Å². The topological polar surface area (TPSA) is 237 Å². The normalized spacial score (nSPS) is 14.1. The molecular weight excluding hydrogens is 1260 g/mol. The van der Waals surface area contributed by atoms with Gasteiger partial charge in [-0.25, -0.2) is 9.13 Å². The molecule has 17 nitrogen and oxygen atoms in total. The Hall–Kier alpha value is -1.94. The molecule has 96 heavy (non-hydrogen) atoms. The average Bonchev–Trinajstić information content (AvgIpc) is 1.08. The first-order valence-electron chi connectivity index (χ1n) is 39.7. The molecule has 3 N–H and O–H groups in total. The molecule has 0 aliphatic heterocycles. The summed E-state index contributed by atoms with van der Waals surface area (Å²) in [5.74, 6) is 0.915. The van der Waals surface area contributed by atoms with Gasteiger partial charge in [0.25, 0.3) is 0 Å². The van der Waals surface area contributed by atoms with Crippen molar-refractivity contribution in [3.63, 3.8) is 0 Å². The molecule has 0 bridgehead atoms. The van der Waals surface area contributed by atoms with Crippen LogP contribution in [0.1, 0.15) is 389 Å². The highest BCUT2D eigenvalue weighted by Gasteiger charge is 2.30. The highest BCUT2D eigenvalue weighted by Crippen LogP contribution is 2.45. The van der Waals surface area contributed by atoms with Crippen LogP contribution in [0.2, 0.25) is 0 Å². The first-order valence-corrected chi connectivity index (χ1v) is 42.7. The van der Waals surface area contributed by atoms with E-state index >= 15 is 0 Å². The van der Waals surface area contributed by atoms with Crippen molar-refractivity contribution in [3.05, 3.63) is 0 Å². The van der Waals surface area contributed by atoms with Crippen molar-refractivity contribution in [1.29, 1.82) is 0 Å². The molecular formula is C77H150O17P2. The molecule has 0 aromatic carbocycles. The van der Waals surface area contributed by atoms with Gasteiger partial charge in [0.05, 0.1) is 26.4 Å². The predicted molar refractivity (Wildman–Crippen MR) is 391 cm³/mol. The Morgan fingerprint density at radius 2 is 0.438 bits per heavy atom. The molecule has 19 heteroatoms. The van der Waals surface area contributed by atoms with Crippen molar-refractivity contribution < 1.29 is 80.2 Å². The Bertz CT molecular complexity index is 1880. The molecule has 3 unspecified atom stereocenters. The van der Waals surface area contributed by atoms with Crippen LogP contribution in [0.3, 0.4) is 0 Å². The quantitative estimate of drug-likeness (QED) is 0.0222. The van der Waals surface area contributed by atoms with Crippen LogP contribution in [0, 0.1) is 23.7 Å². The van der Waals surface area contributed by atoms with Gasteiger partial charge in [0.1, 0.15) is 19.3 Å². The minimum Gasteiger partial charge on any atom is -0.462 e. The van der Waals surface area contributed by atoms with Crippen LogP contribution in [-0.2, 0) is 65.4 Å². The summed E-state index contributed by atoms with van der Waals surface area (Å²) in [6, 6.07) is 0. The second-order valence-corrected chi connectivity index (χ2v) is 32.6. The smallest absolute Gasteiger partial charge is 0.462 e. The zero-order valence-corrected chi connectivity index (χ0v) is 64.8. The van der Waals surface area contributed by atoms with Crippen molar-refractivity contribution in [3.8, 4) is 0 Å². The van der Waals surface area contributed by atoms with E-state index in [1.807, 2.05) is 0 Å². The van der Waals surface area contributed by atoms with Crippen molar-refractivity contribution in [1.82, 2.24) is 0 Å². The standard InChI is InChI=1S/C77H150O17P2/c1-67(2)53-45-37-29-22-17-13-10-9-11-15-20-26-34-43-51-59-76(81)93-72(63-87-74(79)57-49-41-33-25-19-16-12-14-18-23-30-38-46-54-68(3)4)65-91-95(83,84)89-61-71(78)62-90-96(85,86)92-66-73(64-88-75(80)58-50-42-36-28-32-40-48-56-70(7)8)94-77(82)60-52-44-35-27-21-24-31-39-47-55-69(5)6/h67-73,78H,9-66H2,1-8H3,(H,83,84)(H,85,86)/t71?,72-,73-/m1/s1. The van der Waals surface area contributed by atoms with Gasteiger partial charge in [-0.15, -0.1) is 0 Å². The zero-order valence-electron chi connectivity index (χ0n) is 63.0. The molecule has 0 aliphatic rings. The Morgan fingerprint density at radius 1 is 0.260 bits per heavy atom. The van der Waals surface area contributed by atoms with E-state index in [0.717, 1.165) is 114 Å². The number of phosphoric acid groups is 2. The van der Waals surface area contributed by atoms with Gasteiger partial charge in [0.15, 0.2) is 12.2 Å². The minimum atomic E-state index is -4.96. The molecule has 0 aromatic rings. The lowest BCUT2D eigenvalue weighted by Crippen LogP contribution is -2.30. The second kappa shape index (κ2) is 66.3. The molecule has 0 aliphatic carbocycles. The molecule has 0 spiro atoms. The second-order valence-electron chi connectivity index (χ2n) is 29.7. The van der Waals surface area contributed by atoms with Crippen LogP contribution < -0.4 is 0 Å². The third-order valence-corrected chi connectivity index (χ3v) is 19.7. The van der Waals surface area contributed by atoms with Crippen molar-refractivity contribution in [2.45, 2.75) is 408 Å². The fraction of sp³-hybridized carbons (Fsp3) is 0.948. The lowest BCUT2D eigenvalue weighted by atomic mass is 10.0. The monoisotopic (exact) mass is 1410 g/mol. The van der Waals surface area contributed by atoms with Crippen LogP contribution in [-0.4, -0.2) is 96.7 Å². The van der Waals surface area contributed by atoms with E-state index in [1.54, 1.807) is 0 Å². The van der Waals surface area contributed by atoms with Crippen LogP contribution >= 0.6 is 15.6 Å². The molecule has 5 atom stereocenters. The van der Waals surface area contributed by atoms with Gasteiger partial charge >= 0.3 is 39.5 Å². The van der Waals surface area contributed by atoms with Crippen molar-refractivity contribution >= 4 is 39.5 Å². The maximum Gasteiger partial charge on any atom is 0.472 e. The summed E-state index contributed by atoms with van der Waals surface area (Å²) in [5, 5.41) is 10.6. The number of unbranched alkanes of at least 4 members (excludes halogenated alkanes) is 40. The first-order chi connectivity index (χ1) is 46.1. The van der Waals surface area contributed by atoms with E-state index in [1.165, 1.54) is 186 Å². The number of rotatable bonds is 74. The Kier molecular flexibility index (Phi) is 65.0. The van der Waals surface area contributed by atoms with E-state index in [0.29, 0.717) is 31.6 Å². The molecule has 0 radical (unpaired) electrons. The van der Waals surface area contributed by atoms with Gasteiger partial charge in [0.2, 0.25) is 0 Å². The van der Waals surface area contributed by atoms with Gasteiger partial charge < -0.3 is 33.8 Å². The molecule has 0 fully saturated rings. The van der Waals surface area contributed by atoms with Gasteiger partial charge in [0, 0.05) is 25.7 Å². The fourth-order valence-electron chi connectivity index (χ4n) is 11.7. The van der Waals surface area contributed by atoms with E-state index in [2.05, 4.69) is 55.4 Å². The number of carbonyl (C=O) groups excluding carboxylic acids is 4.